The van der Waals surface area contributed by atoms with Crippen molar-refractivity contribution in [2.45, 2.75) is 6.54 Å². The Morgan fingerprint density at radius 1 is 1.10 bits per heavy atom. The number of aromatic nitrogens is 1. The van der Waals surface area contributed by atoms with Gasteiger partial charge < -0.3 is 5.32 Å². The van der Waals surface area contributed by atoms with E-state index in [2.05, 4.69) is 10.3 Å². The summed E-state index contributed by atoms with van der Waals surface area (Å²) in [6, 6.07) is 14.4. The minimum Gasteiger partial charge on any atom is -0.379 e. The van der Waals surface area contributed by atoms with E-state index in [0.717, 1.165) is 16.5 Å². The summed E-state index contributed by atoms with van der Waals surface area (Å²) >= 11 is 5.86. The van der Waals surface area contributed by atoms with Crippen LogP contribution in [0.4, 0.5) is 10.1 Å². The van der Waals surface area contributed by atoms with E-state index in [4.69, 9.17) is 11.6 Å². The maximum absolute atomic E-state index is 13.6. The average molecular weight is 287 g/mol. The molecule has 0 aliphatic heterocycles. The molecule has 0 unspecified atom stereocenters. The number of benzene rings is 2. The van der Waals surface area contributed by atoms with Gasteiger partial charge in [0.1, 0.15) is 5.82 Å². The molecule has 0 spiro atoms. The van der Waals surface area contributed by atoms with Gasteiger partial charge in [0.2, 0.25) is 0 Å². The van der Waals surface area contributed by atoms with Crippen LogP contribution in [0.15, 0.2) is 54.7 Å². The maximum atomic E-state index is 13.6. The number of pyridine rings is 1. The van der Waals surface area contributed by atoms with Crippen molar-refractivity contribution in [2.75, 3.05) is 5.32 Å². The van der Waals surface area contributed by atoms with Crippen LogP contribution in [-0.2, 0) is 6.54 Å². The molecule has 20 heavy (non-hydrogen) atoms. The van der Waals surface area contributed by atoms with E-state index >= 15 is 0 Å². The smallest absolute Gasteiger partial charge is 0.146 e. The van der Waals surface area contributed by atoms with Crippen LogP contribution in [0.2, 0.25) is 5.02 Å². The van der Waals surface area contributed by atoms with Gasteiger partial charge in [0.25, 0.3) is 0 Å². The maximum Gasteiger partial charge on any atom is 0.146 e. The van der Waals surface area contributed by atoms with Crippen molar-refractivity contribution in [2.24, 2.45) is 0 Å². The van der Waals surface area contributed by atoms with Gasteiger partial charge >= 0.3 is 0 Å². The summed E-state index contributed by atoms with van der Waals surface area (Å²) in [4.78, 5) is 4.27. The molecule has 4 heteroatoms. The molecular weight excluding hydrogens is 275 g/mol. The van der Waals surface area contributed by atoms with E-state index in [1.165, 1.54) is 12.1 Å². The normalized spacial score (nSPS) is 10.7. The van der Waals surface area contributed by atoms with Gasteiger partial charge in [-0.05, 0) is 42.0 Å². The van der Waals surface area contributed by atoms with Gasteiger partial charge in [-0.3, -0.25) is 4.98 Å². The number of nitrogens with one attached hydrogen (secondary N) is 1. The monoisotopic (exact) mass is 286 g/mol. The fourth-order valence-corrected chi connectivity index (χ4v) is 2.24. The Bertz CT molecular complexity index is 758. The molecule has 2 nitrogen and oxygen atoms in total. The van der Waals surface area contributed by atoms with Gasteiger partial charge in [0, 0.05) is 23.2 Å². The van der Waals surface area contributed by atoms with Crippen LogP contribution in [0.1, 0.15) is 5.56 Å². The highest BCUT2D eigenvalue weighted by Gasteiger charge is 2.03. The molecule has 0 aliphatic rings. The molecule has 0 saturated heterocycles. The molecule has 3 rings (SSSR count). The van der Waals surface area contributed by atoms with Crippen LogP contribution in [0.25, 0.3) is 10.9 Å². The van der Waals surface area contributed by atoms with Crippen molar-refractivity contribution in [3.8, 4) is 0 Å². The molecular formula is C16H12ClFN2. The molecule has 0 saturated carbocycles. The fraction of sp³-hybridized carbons (Fsp3) is 0.0625. The average Bonchev–Trinajstić information content (AvgIpc) is 2.48. The quantitative estimate of drug-likeness (QED) is 0.759. The van der Waals surface area contributed by atoms with Crippen molar-refractivity contribution < 1.29 is 4.39 Å². The lowest BCUT2D eigenvalue weighted by Crippen LogP contribution is -2.01. The number of fused-ring (bicyclic) bond motifs is 1. The Hall–Kier alpha value is -2.13. The van der Waals surface area contributed by atoms with Crippen molar-refractivity contribution in [3.63, 3.8) is 0 Å². The van der Waals surface area contributed by atoms with Gasteiger partial charge in [-0.1, -0.05) is 23.7 Å². The molecule has 0 bridgehead atoms. The molecule has 0 aliphatic carbocycles. The standard InChI is InChI=1S/C16H12ClFN2/c17-13-4-5-14(18)16(9-13)20-10-11-3-6-15-12(8-11)2-1-7-19-15/h1-9,20H,10H2. The Kier molecular flexibility index (Phi) is 3.52. The Morgan fingerprint density at radius 3 is 2.90 bits per heavy atom. The van der Waals surface area contributed by atoms with Crippen LogP contribution in [0.5, 0.6) is 0 Å². The molecule has 0 atom stereocenters. The molecule has 0 amide bonds. The van der Waals surface area contributed by atoms with Crippen molar-refractivity contribution in [1.29, 1.82) is 0 Å². The molecule has 3 aromatic rings. The Balaban J connectivity index is 1.81. The van der Waals surface area contributed by atoms with E-state index in [1.807, 2.05) is 30.3 Å². The van der Waals surface area contributed by atoms with Gasteiger partial charge in [0.15, 0.2) is 0 Å². The van der Waals surface area contributed by atoms with E-state index in [-0.39, 0.29) is 5.82 Å². The topological polar surface area (TPSA) is 24.9 Å². The number of anilines is 1. The first-order valence-electron chi connectivity index (χ1n) is 6.25. The molecule has 0 fully saturated rings. The second kappa shape index (κ2) is 5.47. The number of nitrogens with zero attached hydrogens (tertiary/aromatic N) is 1. The van der Waals surface area contributed by atoms with Gasteiger partial charge in [-0.15, -0.1) is 0 Å². The zero-order valence-electron chi connectivity index (χ0n) is 10.6. The van der Waals surface area contributed by atoms with Crippen molar-refractivity contribution in [1.82, 2.24) is 4.98 Å². The summed E-state index contributed by atoms with van der Waals surface area (Å²) in [6.07, 6.45) is 1.77. The summed E-state index contributed by atoms with van der Waals surface area (Å²) < 4.78 is 13.6. The largest absolute Gasteiger partial charge is 0.379 e. The predicted octanol–water partition coefficient (Wildman–Crippen LogP) is 4.64. The van der Waals surface area contributed by atoms with Crippen LogP contribution >= 0.6 is 11.6 Å². The zero-order valence-corrected chi connectivity index (χ0v) is 11.4. The molecule has 100 valence electrons. The Labute approximate surface area is 121 Å². The second-order valence-electron chi connectivity index (χ2n) is 4.51. The van der Waals surface area contributed by atoms with Crippen LogP contribution in [0, 0.1) is 5.82 Å². The number of rotatable bonds is 3. The van der Waals surface area contributed by atoms with Crippen LogP contribution in [0.3, 0.4) is 0 Å². The van der Waals surface area contributed by atoms with E-state index in [0.29, 0.717) is 17.3 Å². The highest BCUT2D eigenvalue weighted by molar-refractivity contribution is 6.30. The van der Waals surface area contributed by atoms with Gasteiger partial charge in [0.05, 0.1) is 11.2 Å². The molecule has 1 aromatic heterocycles. The highest BCUT2D eigenvalue weighted by Crippen LogP contribution is 2.21. The first kappa shape index (κ1) is 12.9. The third-order valence-electron chi connectivity index (χ3n) is 3.08. The summed E-state index contributed by atoms with van der Waals surface area (Å²) in [5.74, 6) is -0.308. The van der Waals surface area contributed by atoms with Gasteiger partial charge in [-0.2, -0.15) is 0 Å². The zero-order chi connectivity index (χ0) is 13.9. The van der Waals surface area contributed by atoms with Crippen LogP contribution in [-0.4, -0.2) is 4.98 Å². The minimum absolute atomic E-state index is 0.308. The SMILES string of the molecule is Fc1ccc(Cl)cc1NCc1ccc2ncccc2c1. The second-order valence-corrected chi connectivity index (χ2v) is 4.94. The summed E-state index contributed by atoms with van der Waals surface area (Å²) in [6.45, 7) is 0.530. The number of hydrogen-bond donors (Lipinski definition) is 1. The lowest BCUT2D eigenvalue weighted by molar-refractivity contribution is 0.630. The third kappa shape index (κ3) is 2.73. The molecule has 1 N–H and O–H groups in total. The third-order valence-corrected chi connectivity index (χ3v) is 3.31. The van der Waals surface area contributed by atoms with Crippen LogP contribution < -0.4 is 5.32 Å². The number of hydrogen-bond acceptors (Lipinski definition) is 2. The number of halogens is 2. The molecule has 1 heterocycles. The van der Waals surface area contributed by atoms with Crippen molar-refractivity contribution in [3.05, 3.63) is 71.1 Å². The van der Waals surface area contributed by atoms with Gasteiger partial charge in [-0.25, -0.2) is 4.39 Å². The van der Waals surface area contributed by atoms with E-state index in [9.17, 15) is 4.39 Å². The van der Waals surface area contributed by atoms with E-state index < -0.39 is 0 Å². The summed E-state index contributed by atoms with van der Waals surface area (Å²) in [5, 5.41) is 4.63. The first-order valence-corrected chi connectivity index (χ1v) is 6.63. The van der Waals surface area contributed by atoms with Crippen molar-refractivity contribution >= 4 is 28.2 Å². The lowest BCUT2D eigenvalue weighted by atomic mass is 10.1. The summed E-state index contributed by atoms with van der Waals surface area (Å²) in [5.41, 5.74) is 2.42. The molecule has 0 radical (unpaired) electrons. The Morgan fingerprint density at radius 2 is 2.00 bits per heavy atom. The fourth-order valence-electron chi connectivity index (χ4n) is 2.07. The predicted molar refractivity (Wildman–Crippen MR) is 80.5 cm³/mol. The first-order chi connectivity index (χ1) is 9.72. The van der Waals surface area contributed by atoms with E-state index in [1.54, 1.807) is 12.3 Å². The summed E-state index contributed by atoms with van der Waals surface area (Å²) in [7, 11) is 0. The minimum atomic E-state index is -0.308. The highest BCUT2D eigenvalue weighted by atomic mass is 35.5. The molecule has 2 aromatic carbocycles. The lowest BCUT2D eigenvalue weighted by Gasteiger charge is -2.08.